The van der Waals surface area contributed by atoms with Gasteiger partial charge in [-0.05, 0) is 25.2 Å². The van der Waals surface area contributed by atoms with Crippen molar-refractivity contribution in [2.24, 2.45) is 5.41 Å². The van der Waals surface area contributed by atoms with Crippen LogP contribution in [0.15, 0.2) is 0 Å². The van der Waals surface area contributed by atoms with Crippen molar-refractivity contribution in [3.63, 3.8) is 0 Å². The van der Waals surface area contributed by atoms with Crippen molar-refractivity contribution in [1.82, 2.24) is 0 Å². The molecular formula is C10H22O. The summed E-state index contributed by atoms with van der Waals surface area (Å²) in [5, 5.41) is 0. The van der Waals surface area contributed by atoms with Gasteiger partial charge in [0.2, 0.25) is 0 Å². The lowest BCUT2D eigenvalue weighted by Gasteiger charge is -2.26. The van der Waals surface area contributed by atoms with Crippen LogP contribution in [0.4, 0.5) is 0 Å². The summed E-state index contributed by atoms with van der Waals surface area (Å²) in [6, 6.07) is 0. The second-order valence-corrected chi connectivity index (χ2v) is 4.16. The SMILES string of the molecule is CCCC(C)(C)CC(C)OC. The molecule has 0 saturated heterocycles. The molecule has 0 spiro atoms. The zero-order valence-electron chi connectivity index (χ0n) is 8.61. The number of methoxy groups -OCH3 is 1. The lowest BCUT2D eigenvalue weighted by Crippen LogP contribution is -2.19. The van der Waals surface area contributed by atoms with Gasteiger partial charge in [0.1, 0.15) is 0 Å². The molecule has 0 heterocycles. The molecule has 1 nitrogen and oxygen atoms in total. The predicted octanol–water partition coefficient (Wildman–Crippen LogP) is 3.24. The minimum absolute atomic E-state index is 0.400. The highest BCUT2D eigenvalue weighted by Gasteiger charge is 2.19. The average Bonchev–Trinajstić information content (AvgIpc) is 1.86. The van der Waals surface area contributed by atoms with Crippen molar-refractivity contribution in [3.05, 3.63) is 0 Å². The van der Waals surface area contributed by atoms with E-state index < -0.39 is 0 Å². The van der Waals surface area contributed by atoms with E-state index in [0.717, 1.165) is 6.42 Å². The van der Waals surface area contributed by atoms with E-state index >= 15 is 0 Å². The van der Waals surface area contributed by atoms with E-state index in [1.54, 1.807) is 7.11 Å². The highest BCUT2D eigenvalue weighted by molar-refractivity contribution is 4.70. The van der Waals surface area contributed by atoms with Crippen LogP contribution in [0.3, 0.4) is 0 Å². The topological polar surface area (TPSA) is 9.23 Å². The Morgan fingerprint density at radius 3 is 2.27 bits per heavy atom. The third-order valence-corrected chi connectivity index (χ3v) is 2.17. The molecule has 0 radical (unpaired) electrons. The fourth-order valence-electron chi connectivity index (χ4n) is 1.64. The Morgan fingerprint density at radius 1 is 1.36 bits per heavy atom. The quantitative estimate of drug-likeness (QED) is 0.597. The van der Waals surface area contributed by atoms with Crippen molar-refractivity contribution < 1.29 is 4.74 Å². The molecule has 0 saturated carbocycles. The lowest BCUT2D eigenvalue weighted by atomic mass is 9.83. The molecule has 0 aliphatic carbocycles. The maximum atomic E-state index is 5.23. The fraction of sp³-hybridized carbons (Fsp3) is 1.00. The van der Waals surface area contributed by atoms with Gasteiger partial charge in [-0.15, -0.1) is 0 Å². The zero-order chi connectivity index (χ0) is 8.91. The first-order valence-corrected chi connectivity index (χ1v) is 4.54. The normalized spacial score (nSPS) is 15.0. The van der Waals surface area contributed by atoms with Crippen molar-refractivity contribution in [2.75, 3.05) is 7.11 Å². The van der Waals surface area contributed by atoms with Gasteiger partial charge in [-0.3, -0.25) is 0 Å². The van der Waals surface area contributed by atoms with Gasteiger partial charge in [0.25, 0.3) is 0 Å². The van der Waals surface area contributed by atoms with Crippen LogP contribution in [-0.2, 0) is 4.74 Å². The third-order valence-electron chi connectivity index (χ3n) is 2.17. The first-order chi connectivity index (χ1) is 5.02. The van der Waals surface area contributed by atoms with Gasteiger partial charge in [0, 0.05) is 7.11 Å². The number of hydrogen-bond donors (Lipinski definition) is 0. The monoisotopic (exact) mass is 158 g/mol. The van der Waals surface area contributed by atoms with E-state index in [1.165, 1.54) is 12.8 Å². The van der Waals surface area contributed by atoms with Gasteiger partial charge in [-0.2, -0.15) is 0 Å². The Labute approximate surface area is 71.1 Å². The van der Waals surface area contributed by atoms with Crippen molar-refractivity contribution >= 4 is 0 Å². The standard InChI is InChI=1S/C10H22O/c1-6-7-10(3,4)8-9(2)11-5/h9H,6-8H2,1-5H3. The zero-order valence-corrected chi connectivity index (χ0v) is 8.61. The van der Waals surface area contributed by atoms with Gasteiger partial charge >= 0.3 is 0 Å². The van der Waals surface area contributed by atoms with Crippen LogP contribution in [0.25, 0.3) is 0 Å². The summed E-state index contributed by atoms with van der Waals surface area (Å²) >= 11 is 0. The van der Waals surface area contributed by atoms with Crippen LogP contribution in [-0.4, -0.2) is 13.2 Å². The van der Waals surface area contributed by atoms with E-state index in [0.29, 0.717) is 11.5 Å². The summed E-state index contributed by atoms with van der Waals surface area (Å²) in [5.41, 5.74) is 0.449. The summed E-state index contributed by atoms with van der Waals surface area (Å²) in [4.78, 5) is 0. The van der Waals surface area contributed by atoms with E-state index in [-0.39, 0.29) is 0 Å². The molecule has 0 aromatic heterocycles. The number of rotatable bonds is 5. The van der Waals surface area contributed by atoms with E-state index in [4.69, 9.17) is 4.74 Å². The molecule has 0 rings (SSSR count). The molecule has 68 valence electrons. The minimum Gasteiger partial charge on any atom is -0.382 e. The summed E-state index contributed by atoms with van der Waals surface area (Å²) < 4.78 is 5.23. The van der Waals surface area contributed by atoms with Gasteiger partial charge in [0.15, 0.2) is 0 Å². The van der Waals surface area contributed by atoms with Crippen LogP contribution in [0, 0.1) is 5.41 Å². The summed E-state index contributed by atoms with van der Waals surface area (Å²) in [6.45, 7) is 8.99. The molecule has 1 heteroatoms. The molecule has 0 aliphatic heterocycles. The maximum Gasteiger partial charge on any atom is 0.0548 e. The van der Waals surface area contributed by atoms with Gasteiger partial charge in [0.05, 0.1) is 6.10 Å². The summed E-state index contributed by atoms with van der Waals surface area (Å²) in [6.07, 6.45) is 4.12. The molecule has 0 bridgehead atoms. The second-order valence-electron chi connectivity index (χ2n) is 4.16. The van der Waals surface area contributed by atoms with Crippen molar-refractivity contribution in [1.29, 1.82) is 0 Å². The van der Waals surface area contributed by atoms with Crippen LogP contribution in [0.2, 0.25) is 0 Å². The highest BCUT2D eigenvalue weighted by Crippen LogP contribution is 2.28. The van der Waals surface area contributed by atoms with Crippen LogP contribution >= 0.6 is 0 Å². The molecule has 1 atom stereocenters. The minimum atomic E-state index is 0.400. The van der Waals surface area contributed by atoms with Crippen LogP contribution < -0.4 is 0 Å². The molecule has 0 aliphatic rings. The predicted molar refractivity (Wildman–Crippen MR) is 49.8 cm³/mol. The first-order valence-electron chi connectivity index (χ1n) is 4.54. The number of ether oxygens (including phenoxy) is 1. The second kappa shape index (κ2) is 4.76. The van der Waals surface area contributed by atoms with Crippen molar-refractivity contribution in [2.45, 2.75) is 53.1 Å². The van der Waals surface area contributed by atoms with Crippen molar-refractivity contribution in [3.8, 4) is 0 Å². The van der Waals surface area contributed by atoms with Crippen LogP contribution in [0.5, 0.6) is 0 Å². The summed E-state index contributed by atoms with van der Waals surface area (Å²) in [5.74, 6) is 0. The molecule has 0 fully saturated rings. The molecule has 1 unspecified atom stereocenters. The average molecular weight is 158 g/mol. The van der Waals surface area contributed by atoms with Gasteiger partial charge in [-0.1, -0.05) is 27.2 Å². The summed E-state index contributed by atoms with van der Waals surface area (Å²) in [7, 11) is 1.78. The molecule has 0 aromatic carbocycles. The fourth-order valence-corrected chi connectivity index (χ4v) is 1.64. The molecular weight excluding hydrogens is 136 g/mol. The Morgan fingerprint density at radius 2 is 1.91 bits per heavy atom. The Hall–Kier alpha value is -0.0400. The third kappa shape index (κ3) is 5.25. The smallest absolute Gasteiger partial charge is 0.0548 e. The van der Waals surface area contributed by atoms with E-state index in [1.807, 2.05) is 0 Å². The molecule has 0 aromatic rings. The van der Waals surface area contributed by atoms with E-state index in [2.05, 4.69) is 27.7 Å². The van der Waals surface area contributed by atoms with Gasteiger partial charge < -0.3 is 4.74 Å². The van der Waals surface area contributed by atoms with Crippen LogP contribution in [0.1, 0.15) is 47.0 Å². The lowest BCUT2D eigenvalue weighted by molar-refractivity contribution is 0.0724. The van der Waals surface area contributed by atoms with E-state index in [9.17, 15) is 0 Å². The molecule has 11 heavy (non-hydrogen) atoms. The Balaban J connectivity index is 3.70. The van der Waals surface area contributed by atoms with Gasteiger partial charge in [-0.25, -0.2) is 0 Å². The first kappa shape index (κ1) is 11.0. The largest absolute Gasteiger partial charge is 0.382 e. The molecule has 0 amide bonds. The number of hydrogen-bond acceptors (Lipinski definition) is 1. The molecule has 0 N–H and O–H groups in total. The maximum absolute atomic E-state index is 5.23. The Kier molecular flexibility index (Phi) is 4.74. The highest BCUT2D eigenvalue weighted by atomic mass is 16.5. The Bertz CT molecular complexity index is 97.0.